The van der Waals surface area contributed by atoms with Gasteiger partial charge in [-0.2, -0.15) is 0 Å². The van der Waals surface area contributed by atoms with Crippen molar-refractivity contribution in [1.29, 1.82) is 0 Å². The van der Waals surface area contributed by atoms with Gasteiger partial charge in [-0.1, -0.05) is 18.0 Å². The molecule has 0 saturated heterocycles. The largest absolute Gasteiger partial charge is 0.490 e. The topological polar surface area (TPSA) is 64.3 Å². The van der Waals surface area contributed by atoms with Crippen LogP contribution < -0.4 is 15.8 Å². The molecular formula is C16H23ClN2O2. The van der Waals surface area contributed by atoms with Crippen LogP contribution in [0.25, 0.3) is 0 Å². The van der Waals surface area contributed by atoms with Gasteiger partial charge in [0.1, 0.15) is 5.75 Å². The van der Waals surface area contributed by atoms with Gasteiger partial charge < -0.3 is 15.8 Å². The summed E-state index contributed by atoms with van der Waals surface area (Å²) in [7, 11) is 0. The summed E-state index contributed by atoms with van der Waals surface area (Å²) in [6, 6.07) is 5.27. The number of hydrogen-bond donors (Lipinski definition) is 2. The fourth-order valence-corrected chi connectivity index (χ4v) is 2.96. The number of amides is 1. The summed E-state index contributed by atoms with van der Waals surface area (Å²) < 4.78 is 5.69. The number of carbonyl (C=O) groups excluding carboxylic acids is 1. The first-order valence-corrected chi connectivity index (χ1v) is 7.86. The maximum atomic E-state index is 12.5. The third kappa shape index (κ3) is 4.11. The van der Waals surface area contributed by atoms with Gasteiger partial charge in [-0.05, 0) is 57.4 Å². The summed E-state index contributed by atoms with van der Waals surface area (Å²) in [5, 5.41) is 3.61. The molecule has 1 fully saturated rings. The van der Waals surface area contributed by atoms with Gasteiger partial charge in [-0.3, -0.25) is 4.79 Å². The number of nitrogens with two attached hydrogens (primary N) is 1. The maximum Gasteiger partial charge on any atom is 0.255 e. The van der Waals surface area contributed by atoms with Gasteiger partial charge in [-0.25, -0.2) is 0 Å². The van der Waals surface area contributed by atoms with Crippen molar-refractivity contribution in [2.45, 2.75) is 45.3 Å². The third-order valence-corrected chi connectivity index (χ3v) is 4.06. The van der Waals surface area contributed by atoms with E-state index in [9.17, 15) is 4.79 Å². The molecule has 1 aromatic rings. The smallest absolute Gasteiger partial charge is 0.255 e. The summed E-state index contributed by atoms with van der Waals surface area (Å²) in [6.07, 6.45) is 3.17. The second kappa shape index (κ2) is 7.14. The van der Waals surface area contributed by atoms with E-state index in [-0.39, 0.29) is 18.1 Å². The SMILES string of the molecule is CC(C)Oc1ccc(Cl)cc1C(=O)NC1CCCC1CN. The first-order chi connectivity index (χ1) is 10.0. The molecule has 0 bridgehead atoms. The van der Waals surface area contributed by atoms with E-state index in [1.54, 1.807) is 18.2 Å². The van der Waals surface area contributed by atoms with Crippen LogP contribution in [0.1, 0.15) is 43.5 Å². The summed E-state index contributed by atoms with van der Waals surface area (Å²) in [5.41, 5.74) is 6.25. The predicted molar refractivity (Wildman–Crippen MR) is 84.9 cm³/mol. The molecule has 0 spiro atoms. The molecule has 0 heterocycles. The van der Waals surface area contributed by atoms with Crippen LogP contribution >= 0.6 is 11.6 Å². The van der Waals surface area contributed by atoms with Crippen molar-refractivity contribution >= 4 is 17.5 Å². The molecule has 0 aliphatic heterocycles. The molecule has 0 radical (unpaired) electrons. The van der Waals surface area contributed by atoms with Gasteiger partial charge >= 0.3 is 0 Å². The van der Waals surface area contributed by atoms with Crippen LogP contribution in [0.5, 0.6) is 5.75 Å². The quantitative estimate of drug-likeness (QED) is 0.878. The highest BCUT2D eigenvalue weighted by Crippen LogP contribution is 2.27. The van der Waals surface area contributed by atoms with Gasteiger partial charge in [0.15, 0.2) is 0 Å². The van der Waals surface area contributed by atoms with E-state index in [1.165, 1.54) is 0 Å². The number of hydrogen-bond acceptors (Lipinski definition) is 3. The molecule has 5 heteroatoms. The Kier molecular flexibility index (Phi) is 5.48. The van der Waals surface area contributed by atoms with E-state index < -0.39 is 0 Å². The van der Waals surface area contributed by atoms with E-state index in [1.807, 2.05) is 13.8 Å². The molecule has 2 rings (SSSR count). The molecule has 1 aliphatic carbocycles. The Bertz CT molecular complexity index is 505. The number of carbonyl (C=O) groups is 1. The van der Waals surface area contributed by atoms with Crippen LogP contribution in [0.3, 0.4) is 0 Å². The Morgan fingerprint density at radius 1 is 1.48 bits per heavy atom. The average Bonchev–Trinajstić information content (AvgIpc) is 2.87. The molecule has 3 N–H and O–H groups in total. The van der Waals surface area contributed by atoms with Crippen molar-refractivity contribution in [1.82, 2.24) is 5.32 Å². The van der Waals surface area contributed by atoms with Crippen LogP contribution in [0.4, 0.5) is 0 Å². The van der Waals surface area contributed by atoms with E-state index in [0.717, 1.165) is 19.3 Å². The van der Waals surface area contributed by atoms with E-state index >= 15 is 0 Å². The van der Waals surface area contributed by atoms with Gasteiger partial charge in [0.05, 0.1) is 11.7 Å². The van der Waals surface area contributed by atoms with Gasteiger partial charge in [0.25, 0.3) is 5.91 Å². The van der Waals surface area contributed by atoms with Crippen LogP contribution in [0.2, 0.25) is 5.02 Å². The highest BCUT2D eigenvalue weighted by Gasteiger charge is 2.28. The lowest BCUT2D eigenvalue weighted by Crippen LogP contribution is -2.40. The Balaban J connectivity index is 2.16. The van der Waals surface area contributed by atoms with Crippen molar-refractivity contribution in [3.63, 3.8) is 0 Å². The second-order valence-corrected chi connectivity index (χ2v) is 6.25. The zero-order valence-electron chi connectivity index (χ0n) is 12.6. The van der Waals surface area contributed by atoms with Crippen LogP contribution in [-0.4, -0.2) is 24.6 Å². The zero-order valence-corrected chi connectivity index (χ0v) is 13.3. The summed E-state index contributed by atoms with van der Waals surface area (Å²) in [5.74, 6) is 0.787. The normalized spacial score (nSPS) is 21.6. The number of rotatable bonds is 5. The molecule has 21 heavy (non-hydrogen) atoms. The maximum absolute atomic E-state index is 12.5. The average molecular weight is 311 g/mol. The standard InChI is InChI=1S/C16H23ClN2O2/c1-10(2)21-15-7-6-12(17)8-13(15)16(20)19-14-5-3-4-11(14)9-18/h6-8,10-11,14H,3-5,9,18H2,1-2H3,(H,19,20). The van der Waals surface area contributed by atoms with Crippen molar-refractivity contribution in [2.75, 3.05) is 6.54 Å². The first kappa shape index (κ1) is 16.1. The third-order valence-electron chi connectivity index (χ3n) is 3.83. The minimum absolute atomic E-state index is 0.000923. The van der Waals surface area contributed by atoms with Crippen molar-refractivity contribution in [3.8, 4) is 5.75 Å². The molecule has 2 unspecified atom stereocenters. The van der Waals surface area contributed by atoms with Gasteiger partial charge in [0, 0.05) is 11.1 Å². The van der Waals surface area contributed by atoms with Crippen LogP contribution in [0.15, 0.2) is 18.2 Å². The second-order valence-electron chi connectivity index (χ2n) is 5.81. The monoisotopic (exact) mass is 310 g/mol. The fraction of sp³-hybridized carbons (Fsp3) is 0.562. The lowest BCUT2D eigenvalue weighted by atomic mass is 10.0. The minimum Gasteiger partial charge on any atom is -0.490 e. The number of halogens is 1. The predicted octanol–water partition coefficient (Wildman–Crippen LogP) is 2.98. The van der Waals surface area contributed by atoms with Crippen molar-refractivity contribution < 1.29 is 9.53 Å². The van der Waals surface area contributed by atoms with Crippen molar-refractivity contribution in [2.24, 2.45) is 11.7 Å². The number of benzene rings is 1. The van der Waals surface area contributed by atoms with Gasteiger partial charge in [-0.15, -0.1) is 0 Å². The van der Waals surface area contributed by atoms with Crippen LogP contribution in [-0.2, 0) is 0 Å². The molecule has 1 aliphatic rings. The molecule has 1 aromatic carbocycles. The Morgan fingerprint density at radius 2 is 2.24 bits per heavy atom. The van der Waals surface area contributed by atoms with E-state index in [2.05, 4.69) is 5.32 Å². The fourth-order valence-electron chi connectivity index (χ4n) is 2.79. The highest BCUT2D eigenvalue weighted by molar-refractivity contribution is 6.31. The first-order valence-electron chi connectivity index (χ1n) is 7.48. The summed E-state index contributed by atoms with van der Waals surface area (Å²) in [6.45, 7) is 4.46. The Hall–Kier alpha value is -1.26. The van der Waals surface area contributed by atoms with Gasteiger partial charge in [0.2, 0.25) is 0 Å². The van der Waals surface area contributed by atoms with E-state index in [4.69, 9.17) is 22.1 Å². The van der Waals surface area contributed by atoms with Crippen LogP contribution in [0, 0.1) is 5.92 Å². The molecule has 4 nitrogen and oxygen atoms in total. The highest BCUT2D eigenvalue weighted by atomic mass is 35.5. The molecule has 116 valence electrons. The lowest BCUT2D eigenvalue weighted by molar-refractivity contribution is 0.0923. The minimum atomic E-state index is -0.140. The molecule has 1 saturated carbocycles. The molecule has 1 amide bonds. The zero-order chi connectivity index (χ0) is 15.4. The molecule has 0 aromatic heterocycles. The Labute approximate surface area is 131 Å². The summed E-state index contributed by atoms with van der Waals surface area (Å²) in [4.78, 5) is 12.5. The summed E-state index contributed by atoms with van der Waals surface area (Å²) >= 11 is 6.01. The van der Waals surface area contributed by atoms with E-state index in [0.29, 0.717) is 28.8 Å². The Morgan fingerprint density at radius 3 is 2.90 bits per heavy atom. The number of ether oxygens (including phenoxy) is 1. The molecule has 2 atom stereocenters. The molecular weight excluding hydrogens is 288 g/mol. The lowest BCUT2D eigenvalue weighted by Gasteiger charge is -2.21. The number of nitrogens with one attached hydrogen (secondary N) is 1. The van der Waals surface area contributed by atoms with Crippen molar-refractivity contribution in [3.05, 3.63) is 28.8 Å².